The molecule has 0 aliphatic heterocycles. The van der Waals surface area contributed by atoms with Crippen molar-refractivity contribution in [1.29, 1.82) is 5.41 Å². The number of aryl methyl sites for hydroxylation is 1. The molecule has 3 aromatic carbocycles. The maximum absolute atomic E-state index is 12.8. The predicted molar refractivity (Wildman–Crippen MR) is 124 cm³/mol. The number of halogens is 1. The van der Waals surface area contributed by atoms with Crippen LogP contribution >= 0.6 is 17.0 Å². The summed E-state index contributed by atoms with van der Waals surface area (Å²) < 4.78 is 3.57. The molecule has 0 unspecified atom stereocenters. The molecule has 0 fully saturated rings. The van der Waals surface area contributed by atoms with E-state index < -0.39 is 4.92 Å². The van der Waals surface area contributed by atoms with Crippen LogP contribution < -0.4 is 5.62 Å². The molecule has 0 amide bonds. The van der Waals surface area contributed by atoms with E-state index in [-0.39, 0.29) is 40.6 Å². The summed E-state index contributed by atoms with van der Waals surface area (Å²) in [5, 5.41) is 19.6. The molecule has 4 aromatic rings. The third-order valence-electron chi connectivity index (χ3n) is 5.27. The molecule has 1 heterocycles. The van der Waals surface area contributed by atoms with Gasteiger partial charge in [-0.25, -0.2) is 0 Å². The summed E-state index contributed by atoms with van der Waals surface area (Å²) in [6.07, 6.45) is 0. The smallest absolute Gasteiger partial charge is 0.269 e. The number of hydrogen-bond donors (Lipinski definition) is 1. The van der Waals surface area contributed by atoms with Gasteiger partial charge in [0.05, 0.1) is 29.0 Å². The number of nitrogens with one attached hydrogen (secondary N) is 1. The lowest BCUT2D eigenvalue weighted by Gasteiger charge is -2.08. The minimum Gasteiger partial charge on any atom is -0.306 e. The van der Waals surface area contributed by atoms with E-state index in [9.17, 15) is 14.9 Å². The Bertz CT molecular complexity index is 1320. The third kappa shape index (κ3) is 4.34. The average Bonchev–Trinajstić information content (AvgIpc) is 3.01. The number of non-ortho nitro benzene ring substituents is 1. The van der Waals surface area contributed by atoms with Gasteiger partial charge in [-0.3, -0.25) is 20.3 Å². The van der Waals surface area contributed by atoms with Crippen molar-refractivity contribution in [3.05, 3.63) is 105 Å². The molecule has 8 heteroatoms. The number of carbonyl (C=O) groups is 1. The Labute approximate surface area is 189 Å². The number of nitro groups is 1. The molecule has 31 heavy (non-hydrogen) atoms. The van der Waals surface area contributed by atoms with Crippen molar-refractivity contribution < 1.29 is 9.72 Å². The van der Waals surface area contributed by atoms with Gasteiger partial charge in [0.2, 0.25) is 5.62 Å². The molecule has 4 rings (SSSR count). The second-order valence-corrected chi connectivity index (χ2v) is 7.14. The second kappa shape index (κ2) is 9.09. The largest absolute Gasteiger partial charge is 0.306 e. The number of nitro benzene ring substituents is 1. The minimum atomic E-state index is -0.496. The van der Waals surface area contributed by atoms with Gasteiger partial charge in [0.15, 0.2) is 5.78 Å². The zero-order valence-corrected chi connectivity index (χ0v) is 18.5. The number of ketones is 1. The molecule has 0 saturated carbocycles. The van der Waals surface area contributed by atoms with Crippen LogP contribution in [0, 0.1) is 22.4 Å². The van der Waals surface area contributed by atoms with Gasteiger partial charge in [-0.2, -0.15) is 0 Å². The van der Waals surface area contributed by atoms with E-state index >= 15 is 0 Å². The summed E-state index contributed by atoms with van der Waals surface area (Å²) in [5.41, 5.74) is 4.48. The van der Waals surface area contributed by atoms with Gasteiger partial charge in [0, 0.05) is 17.7 Å². The normalized spacial score (nSPS) is 10.6. The maximum atomic E-state index is 12.8. The molecular formula is C23H21BrN4O3. The van der Waals surface area contributed by atoms with Crippen molar-refractivity contribution in [3.8, 4) is 0 Å². The molecular weight excluding hydrogens is 460 g/mol. The van der Waals surface area contributed by atoms with E-state index in [0.29, 0.717) is 12.1 Å². The van der Waals surface area contributed by atoms with E-state index in [2.05, 4.69) is 0 Å². The van der Waals surface area contributed by atoms with Gasteiger partial charge in [0.1, 0.15) is 0 Å². The van der Waals surface area contributed by atoms with E-state index in [0.717, 1.165) is 22.2 Å². The van der Waals surface area contributed by atoms with Crippen LogP contribution in [0.4, 0.5) is 5.69 Å². The molecule has 1 aromatic heterocycles. The third-order valence-corrected chi connectivity index (χ3v) is 5.27. The first kappa shape index (κ1) is 22.2. The van der Waals surface area contributed by atoms with Gasteiger partial charge in [-0.1, -0.05) is 36.4 Å². The Morgan fingerprint density at radius 3 is 2.13 bits per heavy atom. The molecule has 0 saturated heterocycles. The van der Waals surface area contributed by atoms with E-state index in [1.54, 1.807) is 4.57 Å². The molecule has 0 atom stereocenters. The van der Waals surface area contributed by atoms with Crippen LogP contribution in [-0.2, 0) is 13.1 Å². The highest BCUT2D eigenvalue weighted by molar-refractivity contribution is 8.93. The Morgan fingerprint density at radius 1 is 0.935 bits per heavy atom. The SMILES string of the molecule is Br.Cc1ccccc1Cn1c(=N)n(CC(=O)c2ccc([N+](=O)[O-])cc2)c2ccccc21. The molecule has 0 bridgehead atoms. The van der Waals surface area contributed by atoms with Crippen molar-refractivity contribution in [2.24, 2.45) is 0 Å². The van der Waals surface area contributed by atoms with Crippen LogP contribution in [0.2, 0.25) is 0 Å². The first-order valence-electron chi connectivity index (χ1n) is 9.50. The molecule has 158 valence electrons. The van der Waals surface area contributed by atoms with Crippen molar-refractivity contribution in [3.63, 3.8) is 0 Å². The number of Topliss-reactive ketones (excluding diaryl/α,β-unsaturated/α-hetero) is 1. The first-order valence-corrected chi connectivity index (χ1v) is 9.50. The second-order valence-electron chi connectivity index (χ2n) is 7.14. The summed E-state index contributed by atoms with van der Waals surface area (Å²) in [6.45, 7) is 2.56. The van der Waals surface area contributed by atoms with Crippen LogP contribution in [0.25, 0.3) is 11.0 Å². The van der Waals surface area contributed by atoms with Crippen molar-refractivity contribution in [1.82, 2.24) is 9.13 Å². The summed E-state index contributed by atoms with van der Waals surface area (Å²) in [6, 6.07) is 21.2. The molecule has 0 spiro atoms. The molecule has 0 aliphatic rings. The lowest BCUT2D eigenvalue weighted by atomic mass is 10.1. The summed E-state index contributed by atoms with van der Waals surface area (Å²) in [7, 11) is 0. The quantitative estimate of drug-likeness (QED) is 0.247. The average molecular weight is 481 g/mol. The maximum Gasteiger partial charge on any atom is 0.269 e. The first-order chi connectivity index (χ1) is 14.5. The van der Waals surface area contributed by atoms with Crippen molar-refractivity contribution >= 4 is 39.5 Å². The predicted octanol–water partition coefficient (Wildman–Crippen LogP) is 4.65. The number of aromatic nitrogens is 2. The molecule has 1 N–H and O–H groups in total. The lowest BCUT2D eigenvalue weighted by molar-refractivity contribution is -0.384. The number of rotatable bonds is 6. The van der Waals surface area contributed by atoms with Gasteiger partial charge < -0.3 is 9.13 Å². The monoisotopic (exact) mass is 480 g/mol. The number of nitrogens with zero attached hydrogens (tertiary/aromatic N) is 3. The van der Waals surface area contributed by atoms with E-state index in [1.165, 1.54) is 24.3 Å². The zero-order valence-electron chi connectivity index (χ0n) is 16.8. The number of fused-ring (bicyclic) bond motifs is 1. The fourth-order valence-electron chi connectivity index (χ4n) is 3.58. The highest BCUT2D eigenvalue weighted by Gasteiger charge is 2.16. The van der Waals surface area contributed by atoms with Crippen LogP contribution in [0.1, 0.15) is 21.5 Å². The van der Waals surface area contributed by atoms with Crippen molar-refractivity contribution in [2.45, 2.75) is 20.0 Å². The topological polar surface area (TPSA) is 93.9 Å². The van der Waals surface area contributed by atoms with Crippen LogP contribution in [0.15, 0.2) is 72.8 Å². The number of hydrogen-bond acceptors (Lipinski definition) is 4. The fourth-order valence-corrected chi connectivity index (χ4v) is 3.58. The van der Waals surface area contributed by atoms with Crippen molar-refractivity contribution in [2.75, 3.05) is 0 Å². The van der Waals surface area contributed by atoms with Gasteiger partial charge in [-0.15, -0.1) is 17.0 Å². The van der Waals surface area contributed by atoms with E-state index in [4.69, 9.17) is 5.41 Å². The molecule has 0 aliphatic carbocycles. The van der Waals surface area contributed by atoms with E-state index in [1.807, 2.05) is 60.0 Å². The van der Waals surface area contributed by atoms with Crippen LogP contribution in [0.5, 0.6) is 0 Å². The Morgan fingerprint density at radius 2 is 1.52 bits per heavy atom. The zero-order chi connectivity index (χ0) is 21.3. The summed E-state index contributed by atoms with van der Waals surface area (Å²) in [5.74, 6) is -0.206. The number of imidazole rings is 1. The number of benzene rings is 3. The van der Waals surface area contributed by atoms with Gasteiger partial charge in [0.25, 0.3) is 5.69 Å². The Balaban J connectivity index is 0.00000272. The van der Waals surface area contributed by atoms with Gasteiger partial charge in [-0.05, 0) is 42.3 Å². The molecule has 7 nitrogen and oxygen atoms in total. The number of carbonyl (C=O) groups excluding carboxylic acids is 1. The summed E-state index contributed by atoms with van der Waals surface area (Å²) in [4.78, 5) is 23.2. The number of para-hydroxylation sites is 2. The lowest BCUT2D eigenvalue weighted by Crippen LogP contribution is -2.27. The Kier molecular flexibility index (Phi) is 6.50. The Hall–Kier alpha value is -3.52. The van der Waals surface area contributed by atoms with Crippen LogP contribution in [-0.4, -0.2) is 19.8 Å². The summed E-state index contributed by atoms with van der Waals surface area (Å²) >= 11 is 0. The van der Waals surface area contributed by atoms with Crippen LogP contribution in [0.3, 0.4) is 0 Å². The van der Waals surface area contributed by atoms with Gasteiger partial charge >= 0.3 is 0 Å². The standard InChI is InChI=1S/C23H20N4O3.BrH/c1-16-6-2-3-7-18(16)14-25-20-8-4-5-9-21(20)26(23(25)24)15-22(28)17-10-12-19(13-11-17)27(29)30;/h2-13,24H,14-15H2,1H3;1H. The highest BCUT2D eigenvalue weighted by Crippen LogP contribution is 2.18. The minimum absolute atomic E-state index is 0. The molecule has 0 radical (unpaired) electrons. The highest BCUT2D eigenvalue weighted by atomic mass is 79.9. The fraction of sp³-hybridized carbons (Fsp3) is 0.130.